The summed E-state index contributed by atoms with van der Waals surface area (Å²) in [7, 11) is 0. The molecule has 2 atom stereocenters. The highest BCUT2D eigenvalue weighted by Crippen LogP contribution is 2.33. The van der Waals surface area contributed by atoms with Gasteiger partial charge in [0.25, 0.3) is 5.91 Å². The van der Waals surface area contributed by atoms with E-state index in [9.17, 15) is 67.7 Å². The zero-order valence-electron chi connectivity index (χ0n) is 57.9. The van der Waals surface area contributed by atoms with Gasteiger partial charge in [0.2, 0.25) is 35.4 Å². The molecule has 7 amide bonds. The average molecular weight is 1420 g/mol. The summed E-state index contributed by atoms with van der Waals surface area (Å²) in [6.45, 7) is 3.89. The lowest BCUT2D eigenvalue weighted by atomic mass is 9.85. The van der Waals surface area contributed by atoms with Crippen molar-refractivity contribution < 1.29 is 72.4 Å². The van der Waals surface area contributed by atoms with Gasteiger partial charge in [0.15, 0.2) is 0 Å². The van der Waals surface area contributed by atoms with E-state index in [4.69, 9.17) is 10.5 Å². The maximum Gasteiger partial charge on any atom is 0.317 e. The average Bonchev–Trinajstić information content (AvgIpc) is 1.20. The SMILES string of the molecule is Cc1ccc(CNCC(=O)N2CCC(NC(=O)c3ccc(-c4ccccc4)c(OCCNC(=O)[C@H](Cc4ccccc4)NC(=O)CN4CCC(NC(=O)CN5CCN(CC(=O)O)CCN(CC(=O)O)CCN(CC(=O)O)CC5)CC4)c3)(C(=O)N[C@@H](Cc3c[nH]c4ccccc34)C(N)=O)CC2)cc1F. The number of nitrogens with one attached hydrogen (secondary N) is 7. The first kappa shape index (κ1) is 77.0. The molecule has 12 N–H and O–H groups in total. The Hall–Kier alpha value is -10.2. The Bertz CT molecular complexity index is 3890. The number of carbonyl (C=O) groups is 10. The highest BCUT2D eigenvalue weighted by Gasteiger charge is 2.45. The van der Waals surface area contributed by atoms with E-state index in [1.165, 1.54) is 12.1 Å². The van der Waals surface area contributed by atoms with Gasteiger partial charge in [-0.3, -0.25) is 72.4 Å². The van der Waals surface area contributed by atoms with E-state index in [0.717, 1.165) is 27.6 Å². The summed E-state index contributed by atoms with van der Waals surface area (Å²) in [6.07, 6.45) is 2.91. The molecule has 9 rings (SSSR count). The summed E-state index contributed by atoms with van der Waals surface area (Å²) >= 11 is 0. The molecule has 5 aromatic carbocycles. The van der Waals surface area contributed by atoms with Gasteiger partial charge in [-0.2, -0.15) is 0 Å². The molecule has 0 radical (unpaired) electrons. The van der Waals surface area contributed by atoms with Gasteiger partial charge >= 0.3 is 17.9 Å². The summed E-state index contributed by atoms with van der Waals surface area (Å²) in [5, 5.41) is 47.5. The van der Waals surface area contributed by atoms with Crippen LogP contribution in [-0.4, -0.2) is 264 Å². The largest absolute Gasteiger partial charge is 0.491 e. The number of primary amides is 1. The number of aryl methyl sites for hydroxylation is 1. The molecule has 3 aliphatic heterocycles. The predicted octanol–water partition coefficient (Wildman–Crippen LogP) is 1.65. The van der Waals surface area contributed by atoms with Crippen LogP contribution in [-0.2, 0) is 62.5 Å². The lowest BCUT2D eigenvalue weighted by Gasteiger charge is -2.41. The Morgan fingerprint density at radius 2 is 1.19 bits per heavy atom. The van der Waals surface area contributed by atoms with Crippen LogP contribution in [0.1, 0.15) is 58.3 Å². The fourth-order valence-electron chi connectivity index (χ4n) is 13.1. The number of aromatic amines is 1. The van der Waals surface area contributed by atoms with Crippen molar-refractivity contribution in [2.75, 3.05) is 131 Å². The number of carboxylic acid groups (broad SMARTS) is 3. The zero-order chi connectivity index (χ0) is 73.4. The number of aromatic nitrogens is 1. The topological polar surface area (TPSA) is 374 Å². The van der Waals surface area contributed by atoms with Crippen LogP contribution in [0.2, 0.25) is 0 Å². The number of nitrogens with two attached hydrogens (primary N) is 1. The first-order valence-electron chi connectivity index (χ1n) is 34.8. The summed E-state index contributed by atoms with van der Waals surface area (Å²) in [5.41, 5.74) is 9.31. The Labute approximate surface area is 596 Å². The molecule has 103 heavy (non-hydrogen) atoms. The molecule has 3 fully saturated rings. The second-order valence-corrected chi connectivity index (χ2v) is 26.5. The normalized spacial score (nSPS) is 16.8. The third-order valence-electron chi connectivity index (χ3n) is 19.0. The van der Waals surface area contributed by atoms with Crippen molar-refractivity contribution in [3.63, 3.8) is 0 Å². The zero-order valence-corrected chi connectivity index (χ0v) is 57.9. The second kappa shape index (κ2) is 37.7. The van der Waals surface area contributed by atoms with Gasteiger partial charge in [-0.05, 0) is 90.8 Å². The third-order valence-corrected chi connectivity index (χ3v) is 19.0. The van der Waals surface area contributed by atoms with Gasteiger partial charge in [0.1, 0.15) is 35.8 Å². The Balaban J connectivity index is 0.812. The number of ether oxygens (including phenoxy) is 1. The Morgan fingerprint density at radius 1 is 0.621 bits per heavy atom. The first-order valence-corrected chi connectivity index (χ1v) is 34.8. The molecular weight excluding hydrogens is 1330 g/mol. The number of benzene rings is 5. The molecule has 1 aromatic heterocycles. The quantitative estimate of drug-likeness (QED) is 0.0276. The van der Waals surface area contributed by atoms with Crippen LogP contribution < -0.4 is 42.4 Å². The molecular formula is C74H93FN14O14. The van der Waals surface area contributed by atoms with E-state index < -0.39 is 65.1 Å². The van der Waals surface area contributed by atoms with Crippen molar-refractivity contribution in [2.24, 2.45) is 5.73 Å². The number of rotatable bonds is 31. The van der Waals surface area contributed by atoms with Crippen molar-refractivity contribution >= 4 is 70.2 Å². The van der Waals surface area contributed by atoms with E-state index in [0.29, 0.717) is 55.7 Å². The number of carboxylic acids is 3. The molecule has 0 unspecified atom stereocenters. The maximum absolute atomic E-state index is 14.9. The van der Waals surface area contributed by atoms with Gasteiger partial charge in [-0.15, -0.1) is 0 Å². The van der Waals surface area contributed by atoms with Crippen LogP contribution in [0.5, 0.6) is 5.75 Å². The third kappa shape index (κ3) is 23.4. The summed E-state index contributed by atoms with van der Waals surface area (Å²) in [6, 6.07) is 33.3. The molecule has 28 nitrogen and oxygen atoms in total. The lowest BCUT2D eigenvalue weighted by Crippen LogP contribution is -2.66. The number of hydrogen-bond acceptors (Lipinski definition) is 17. The smallest absolute Gasteiger partial charge is 0.317 e. The first-order chi connectivity index (χ1) is 49.5. The minimum Gasteiger partial charge on any atom is -0.491 e. The molecule has 4 heterocycles. The number of hydrogen-bond donors (Lipinski definition) is 11. The highest BCUT2D eigenvalue weighted by atomic mass is 19.1. The van der Waals surface area contributed by atoms with Crippen LogP contribution >= 0.6 is 0 Å². The van der Waals surface area contributed by atoms with Gasteiger partial charge in [-0.1, -0.05) is 91.0 Å². The van der Waals surface area contributed by atoms with Gasteiger partial charge in [0, 0.05) is 132 Å². The standard InChI is InChI=1S/C74H93FN14O14/c1-50-16-17-52(38-59(50)75)42-77-44-66(92)89-27-22-74(23-28-89,73(102)82-61(70(76)99)40-55-43-79-60-15-9-8-14-57(55)60)83-71(100)54-18-19-58(53-12-6-3-7-13-53)63(41-54)103-37-24-78-72(101)62(39-51-10-4-2-5-11-51)81-65(91)46-84-25-20-56(21-26-84)80-64(90)45-85-29-31-86(47-67(93)94)33-35-88(49-69(97)98)36-34-87(32-30-85)48-68(95)96/h2-19,38,41,43,56,61-62,77,79H,20-37,39-40,42,44-49H2,1H3,(H2,76,99)(H,78,101)(H,80,90)(H,81,91)(H,82,102)(H,83,100)(H,93,94)(H,95,96)(H,97,98)/t61-,62-/m0/s1. The van der Waals surface area contributed by atoms with Crippen molar-refractivity contribution in [2.45, 2.75) is 75.7 Å². The fraction of sp³-hybridized carbons (Fsp3) is 0.432. The van der Waals surface area contributed by atoms with Crippen molar-refractivity contribution in [1.29, 1.82) is 0 Å². The molecule has 29 heteroatoms. The number of aliphatic carboxylic acids is 3. The van der Waals surface area contributed by atoms with Crippen molar-refractivity contribution in [1.82, 2.24) is 66.3 Å². The number of amides is 7. The molecule has 550 valence electrons. The van der Waals surface area contributed by atoms with E-state index in [-0.39, 0.29) is 172 Å². The number of H-pyrrole nitrogens is 1. The second-order valence-electron chi connectivity index (χ2n) is 26.5. The van der Waals surface area contributed by atoms with Gasteiger partial charge in [-0.25, -0.2) is 4.39 Å². The minimum absolute atomic E-state index is 0.0267. The molecule has 6 aromatic rings. The number of piperidine rings is 2. The van der Waals surface area contributed by atoms with Crippen LogP contribution in [0.15, 0.2) is 128 Å². The minimum atomic E-state index is -1.65. The van der Waals surface area contributed by atoms with Crippen LogP contribution in [0.3, 0.4) is 0 Å². The Kier molecular flexibility index (Phi) is 28.2. The number of nitrogens with zero attached hydrogens (tertiary/aromatic N) is 6. The number of likely N-dealkylation sites (tertiary alicyclic amines) is 2. The molecule has 3 saturated heterocycles. The fourth-order valence-corrected chi connectivity index (χ4v) is 13.1. The number of para-hydroxylation sites is 1. The number of carbonyl (C=O) groups excluding carboxylic acids is 7. The Morgan fingerprint density at radius 3 is 1.80 bits per heavy atom. The highest BCUT2D eigenvalue weighted by molar-refractivity contribution is 6.01. The molecule has 0 spiro atoms. The van der Waals surface area contributed by atoms with Gasteiger partial charge < -0.3 is 67.6 Å². The van der Waals surface area contributed by atoms with E-state index in [1.807, 2.05) is 94.7 Å². The predicted molar refractivity (Wildman–Crippen MR) is 381 cm³/mol. The summed E-state index contributed by atoms with van der Waals surface area (Å²) in [5.74, 6) is -6.79. The van der Waals surface area contributed by atoms with Crippen LogP contribution in [0, 0.1) is 12.7 Å². The lowest BCUT2D eigenvalue weighted by molar-refractivity contribution is -0.140. The number of halogens is 1. The molecule has 0 bridgehead atoms. The summed E-state index contributed by atoms with van der Waals surface area (Å²) in [4.78, 5) is 147. The van der Waals surface area contributed by atoms with E-state index >= 15 is 0 Å². The van der Waals surface area contributed by atoms with Crippen LogP contribution in [0.4, 0.5) is 4.39 Å². The molecule has 3 aliphatic rings. The summed E-state index contributed by atoms with van der Waals surface area (Å²) < 4.78 is 20.7. The van der Waals surface area contributed by atoms with E-state index in [2.05, 4.69) is 36.9 Å². The molecule has 0 aliphatic carbocycles. The molecule has 0 saturated carbocycles. The number of fused-ring (bicyclic) bond motifs is 1. The van der Waals surface area contributed by atoms with E-state index in [1.54, 1.807) is 57.0 Å². The van der Waals surface area contributed by atoms with Crippen molar-refractivity contribution in [3.05, 3.63) is 161 Å². The monoisotopic (exact) mass is 1420 g/mol. The van der Waals surface area contributed by atoms with Gasteiger partial charge in [0.05, 0.1) is 45.8 Å². The maximum atomic E-state index is 14.9. The van der Waals surface area contributed by atoms with Crippen LogP contribution in [0.25, 0.3) is 22.0 Å². The van der Waals surface area contributed by atoms with Crippen molar-refractivity contribution in [3.8, 4) is 16.9 Å².